The average Bonchev–Trinajstić information content (AvgIpc) is 2.57. The Morgan fingerprint density at radius 3 is 2.60 bits per heavy atom. The van der Waals surface area contributed by atoms with E-state index >= 15 is 0 Å². The van der Waals surface area contributed by atoms with Gasteiger partial charge in [-0.1, -0.05) is 59.6 Å². The average molecular weight is 474 g/mol. The van der Waals surface area contributed by atoms with E-state index in [4.69, 9.17) is 11.6 Å². The van der Waals surface area contributed by atoms with E-state index in [1.165, 1.54) is 5.56 Å². The van der Waals surface area contributed by atoms with Crippen molar-refractivity contribution >= 4 is 41.5 Å². The van der Waals surface area contributed by atoms with Gasteiger partial charge in [-0.15, -0.1) is 24.0 Å². The number of hydrogen-bond donors (Lipinski definition) is 3. The first-order valence-corrected chi connectivity index (χ1v) is 8.48. The number of nitrogens with zero attached hydrogens (tertiary/aromatic N) is 1. The Morgan fingerprint density at radius 1 is 1.16 bits per heavy atom. The minimum absolute atomic E-state index is 0. The van der Waals surface area contributed by atoms with Gasteiger partial charge in [-0.05, 0) is 25.5 Å². The first kappa shape index (κ1) is 21.7. The van der Waals surface area contributed by atoms with Crippen LogP contribution in [0.4, 0.5) is 0 Å². The van der Waals surface area contributed by atoms with Crippen molar-refractivity contribution in [2.45, 2.75) is 26.5 Å². The second-order valence-corrected chi connectivity index (χ2v) is 6.01. The minimum Gasteiger partial charge on any atom is -0.387 e. The Balaban J connectivity index is 0.00000312. The molecule has 1 unspecified atom stereocenters. The number of rotatable bonds is 6. The van der Waals surface area contributed by atoms with Gasteiger partial charge >= 0.3 is 0 Å². The molecule has 2 aromatic rings. The molecule has 6 heteroatoms. The summed E-state index contributed by atoms with van der Waals surface area (Å²) < 4.78 is 0. The molecule has 0 aliphatic heterocycles. The zero-order valence-corrected chi connectivity index (χ0v) is 17.6. The molecule has 0 bridgehead atoms. The molecule has 0 heterocycles. The van der Waals surface area contributed by atoms with E-state index in [1.54, 1.807) is 6.07 Å². The van der Waals surface area contributed by atoms with Crippen LogP contribution in [0.25, 0.3) is 0 Å². The molecule has 0 saturated heterocycles. The van der Waals surface area contributed by atoms with Crippen LogP contribution >= 0.6 is 35.6 Å². The van der Waals surface area contributed by atoms with Crippen molar-refractivity contribution in [1.29, 1.82) is 0 Å². The Bertz CT molecular complexity index is 694. The highest BCUT2D eigenvalue weighted by Crippen LogP contribution is 2.21. The summed E-state index contributed by atoms with van der Waals surface area (Å²) in [6.07, 6.45) is -0.693. The van der Waals surface area contributed by atoms with Gasteiger partial charge in [0.05, 0.1) is 12.6 Å². The standard InChI is InChI=1S/C19H24ClN3O.HI/c1-3-21-19(22-12-15-8-6-7-14(2)11-15)23-13-18(24)16-9-4-5-10-17(16)20;/h4-11,18,24H,3,12-13H2,1-2H3,(H2,21,22,23);1H. The van der Waals surface area contributed by atoms with Crippen LogP contribution in [-0.4, -0.2) is 24.2 Å². The maximum absolute atomic E-state index is 10.3. The number of aliphatic hydroxyl groups excluding tert-OH is 1. The molecule has 136 valence electrons. The fraction of sp³-hybridized carbons (Fsp3) is 0.316. The van der Waals surface area contributed by atoms with Crippen LogP contribution < -0.4 is 10.6 Å². The Kier molecular flexibility index (Phi) is 9.85. The lowest BCUT2D eigenvalue weighted by Crippen LogP contribution is -2.39. The van der Waals surface area contributed by atoms with Gasteiger partial charge < -0.3 is 15.7 Å². The molecule has 2 rings (SSSR count). The molecule has 25 heavy (non-hydrogen) atoms. The van der Waals surface area contributed by atoms with E-state index in [2.05, 4.69) is 40.7 Å². The van der Waals surface area contributed by atoms with Gasteiger partial charge in [0.15, 0.2) is 5.96 Å². The van der Waals surface area contributed by atoms with Gasteiger partial charge in [-0.2, -0.15) is 0 Å². The number of aryl methyl sites for hydroxylation is 1. The molecule has 4 nitrogen and oxygen atoms in total. The molecule has 0 fully saturated rings. The van der Waals surface area contributed by atoms with Gasteiger partial charge in [-0.3, -0.25) is 0 Å². The maximum Gasteiger partial charge on any atom is 0.191 e. The smallest absolute Gasteiger partial charge is 0.191 e. The molecule has 2 aromatic carbocycles. The predicted molar refractivity (Wildman–Crippen MR) is 116 cm³/mol. The number of benzene rings is 2. The van der Waals surface area contributed by atoms with Crippen LogP contribution in [0, 0.1) is 6.92 Å². The summed E-state index contributed by atoms with van der Waals surface area (Å²) in [6, 6.07) is 15.6. The molecule has 0 aliphatic rings. The summed E-state index contributed by atoms with van der Waals surface area (Å²) >= 11 is 6.12. The highest BCUT2D eigenvalue weighted by atomic mass is 127. The largest absolute Gasteiger partial charge is 0.387 e. The van der Waals surface area contributed by atoms with E-state index in [1.807, 2.05) is 31.2 Å². The second kappa shape index (κ2) is 11.3. The van der Waals surface area contributed by atoms with Crippen molar-refractivity contribution in [3.05, 3.63) is 70.2 Å². The third kappa shape index (κ3) is 7.22. The maximum atomic E-state index is 10.3. The van der Waals surface area contributed by atoms with Crippen molar-refractivity contribution in [2.24, 2.45) is 4.99 Å². The van der Waals surface area contributed by atoms with Crippen LogP contribution in [0.15, 0.2) is 53.5 Å². The number of aliphatic imine (C=N–C) groups is 1. The summed E-state index contributed by atoms with van der Waals surface area (Å²) in [5.74, 6) is 0.671. The number of guanidine groups is 1. The Hall–Kier alpha value is -1.31. The summed E-state index contributed by atoms with van der Waals surface area (Å²) in [6.45, 7) is 5.75. The molecular formula is C19H25ClIN3O. The van der Waals surface area contributed by atoms with Crippen molar-refractivity contribution in [3.63, 3.8) is 0 Å². The van der Waals surface area contributed by atoms with Crippen LogP contribution in [0.3, 0.4) is 0 Å². The first-order valence-electron chi connectivity index (χ1n) is 8.10. The molecule has 1 atom stereocenters. The number of aliphatic hydroxyl groups is 1. The van der Waals surface area contributed by atoms with E-state index in [0.29, 0.717) is 29.6 Å². The molecule has 0 aromatic heterocycles. The lowest BCUT2D eigenvalue weighted by Gasteiger charge is -2.16. The Morgan fingerprint density at radius 2 is 1.92 bits per heavy atom. The van der Waals surface area contributed by atoms with E-state index < -0.39 is 6.10 Å². The molecule has 0 saturated carbocycles. The molecule has 0 aliphatic carbocycles. The molecule has 0 spiro atoms. The summed E-state index contributed by atoms with van der Waals surface area (Å²) in [5.41, 5.74) is 3.08. The second-order valence-electron chi connectivity index (χ2n) is 5.60. The summed E-state index contributed by atoms with van der Waals surface area (Å²) in [7, 11) is 0. The first-order chi connectivity index (χ1) is 11.6. The summed E-state index contributed by atoms with van der Waals surface area (Å²) in [5, 5.41) is 17.2. The van der Waals surface area contributed by atoms with Gasteiger partial charge in [0, 0.05) is 23.7 Å². The molecule has 0 amide bonds. The van der Waals surface area contributed by atoms with Crippen molar-refractivity contribution in [2.75, 3.05) is 13.1 Å². The zero-order chi connectivity index (χ0) is 17.4. The van der Waals surface area contributed by atoms with Crippen LogP contribution in [0.1, 0.15) is 29.7 Å². The fourth-order valence-electron chi connectivity index (χ4n) is 2.37. The van der Waals surface area contributed by atoms with Crippen molar-refractivity contribution in [1.82, 2.24) is 10.6 Å². The lowest BCUT2D eigenvalue weighted by molar-refractivity contribution is 0.181. The van der Waals surface area contributed by atoms with E-state index in [0.717, 1.165) is 12.1 Å². The van der Waals surface area contributed by atoms with Gasteiger partial charge in [0.2, 0.25) is 0 Å². The minimum atomic E-state index is -0.693. The molecular weight excluding hydrogens is 449 g/mol. The van der Waals surface area contributed by atoms with Gasteiger partial charge in [0.25, 0.3) is 0 Å². The number of hydrogen-bond acceptors (Lipinski definition) is 2. The van der Waals surface area contributed by atoms with E-state index in [9.17, 15) is 5.11 Å². The Labute approximate surface area is 171 Å². The highest BCUT2D eigenvalue weighted by molar-refractivity contribution is 14.0. The molecule has 0 radical (unpaired) electrons. The van der Waals surface area contributed by atoms with Crippen molar-refractivity contribution in [3.8, 4) is 0 Å². The summed E-state index contributed by atoms with van der Waals surface area (Å²) in [4.78, 5) is 4.56. The monoisotopic (exact) mass is 473 g/mol. The zero-order valence-electron chi connectivity index (χ0n) is 14.5. The van der Waals surface area contributed by atoms with Crippen LogP contribution in [0.2, 0.25) is 5.02 Å². The van der Waals surface area contributed by atoms with Gasteiger partial charge in [0.1, 0.15) is 0 Å². The highest BCUT2D eigenvalue weighted by Gasteiger charge is 2.11. The fourth-order valence-corrected chi connectivity index (χ4v) is 2.63. The van der Waals surface area contributed by atoms with Crippen molar-refractivity contribution < 1.29 is 5.11 Å². The quantitative estimate of drug-likeness (QED) is 0.337. The third-order valence-corrected chi connectivity index (χ3v) is 3.92. The lowest BCUT2D eigenvalue weighted by atomic mass is 10.1. The number of nitrogens with one attached hydrogen (secondary N) is 2. The van der Waals surface area contributed by atoms with E-state index in [-0.39, 0.29) is 24.0 Å². The topological polar surface area (TPSA) is 56.7 Å². The molecule has 3 N–H and O–H groups in total. The number of halogens is 2. The van der Waals surface area contributed by atoms with Gasteiger partial charge in [-0.25, -0.2) is 4.99 Å². The normalized spacial score (nSPS) is 12.2. The van der Waals surface area contributed by atoms with Crippen LogP contribution in [0.5, 0.6) is 0 Å². The SMILES string of the molecule is CCNC(=NCc1cccc(C)c1)NCC(O)c1ccccc1Cl.I. The predicted octanol–water partition coefficient (Wildman–Crippen LogP) is 4.06. The van der Waals surface area contributed by atoms with Crippen LogP contribution in [-0.2, 0) is 6.54 Å². The third-order valence-electron chi connectivity index (χ3n) is 3.57.